The largest absolute Gasteiger partial charge is 0.368 e. The molecular weight excluding hydrogens is 386 g/mol. The maximum absolute atomic E-state index is 13.6. The predicted octanol–water partition coefficient (Wildman–Crippen LogP) is 5.26. The topological polar surface area (TPSA) is 75.6 Å². The second kappa shape index (κ2) is 8.02. The van der Waals surface area contributed by atoms with E-state index in [1.165, 1.54) is 12.3 Å². The number of aromatic nitrogens is 4. The molecule has 3 aromatic heterocycles. The molecule has 3 heterocycles. The number of rotatable bonds is 6. The van der Waals surface area contributed by atoms with E-state index in [1.807, 2.05) is 13.8 Å². The molecule has 0 saturated carbocycles. The Labute approximate surface area is 166 Å². The number of hydrogen-bond donors (Lipinski definition) is 2. The number of pyridine rings is 2. The van der Waals surface area contributed by atoms with Gasteiger partial charge in [0.1, 0.15) is 28.2 Å². The van der Waals surface area contributed by atoms with E-state index in [4.69, 9.17) is 11.6 Å². The van der Waals surface area contributed by atoms with Gasteiger partial charge in [0.25, 0.3) is 5.92 Å². The fraction of sp³-hybridized carbons (Fsp3) is 0.263. The van der Waals surface area contributed by atoms with E-state index in [0.717, 1.165) is 6.92 Å². The van der Waals surface area contributed by atoms with Gasteiger partial charge in [0.05, 0.1) is 0 Å². The Morgan fingerprint density at radius 3 is 2.46 bits per heavy atom. The molecule has 28 heavy (non-hydrogen) atoms. The van der Waals surface area contributed by atoms with E-state index in [2.05, 4.69) is 30.6 Å². The van der Waals surface area contributed by atoms with E-state index in [-0.39, 0.29) is 11.7 Å². The Morgan fingerprint density at radius 1 is 1.04 bits per heavy atom. The smallest absolute Gasteiger partial charge is 0.287 e. The summed E-state index contributed by atoms with van der Waals surface area (Å²) >= 11 is 5.97. The van der Waals surface area contributed by atoms with Crippen molar-refractivity contribution in [1.29, 1.82) is 0 Å². The molecule has 0 amide bonds. The van der Waals surface area contributed by atoms with Crippen LogP contribution in [0.4, 0.5) is 26.1 Å². The van der Waals surface area contributed by atoms with Crippen molar-refractivity contribution < 1.29 is 8.78 Å². The Kier molecular flexibility index (Phi) is 5.69. The van der Waals surface area contributed by atoms with Crippen LogP contribution in [0.15, 0.2) is 42.6 Å². The minimum atomic E-state index is -3.04. The Balaban J connectivity index is 1.99. The van der Waals surface area contributed by atoms with Gasteiger partial charge in [0.2, 0.25) is 0 Å². The summed E-state index contributed by atoms with van der Waals surface area (Å²) in [6.45, 7) is 4.76. The molecule has 0 aliphatic rings. The molecule has 0 bridgehead atoms. The second-order valence-corrected chi connectivity index (χ2v) is 6.94. The fourth-order valence-corrected chi connectivity index (χ4v) is 2.59. The molecule has 0 radical (unpaired) electrons. The summed E-state index contributed by atoms with van der Waals surface area (Å²) in [5.41, 5.74) is 0.605. The van der Waals surface area contributed by atoms with Crippen LogP contribution in [-0.2, 0) is 5.92 Å². The lowest BCUT2D eigenvalue weighted by molar-refractivity contribution is 0.0128. The van der Waals surface area contributed by atoms with E-state index >= 15 is 0 Å². The van der Waals surface area contributed by atoms with Crippen LogP contribution in [0.3, 0.4) is 0 Å². The van der Waals surface area contributed by atoms with Crippen molar-refractivity contribution in [2.75, 3.05) is 10.6 Å². The van der Waals surface area contributed by atoms with Crippen LogP contribution in [0.1, 0.15) is 26.5 Å². The lowest BCUT2D eigenvalue weighted by atomic mass is 10.2. The molecule has 6 nitrogen and oxygen atoms in total. The van der Waals surface area contributed by atoms with Gasteiger partial charge in [-0.3, -0.25) is 4.98 Å². The van der Waals surface area contributed by atoms with Crippen LogP contribution in [0.25, 0.3) is 11.5 Å². The molecule has 2 N–H and O–H groups in total. The fourth-order valence-electron chi connectivity index (χ4n) is 2.42. The lowest BCUT2D eigenvalue weighted by Gasteiger charge is -2.14. The molecule has 3 aromatic rings. The summed E-state index contributed by atoms with van der Waals surface area (Å²) in [7, 11) is 0. The molecule has 0 aliphatic carbocycles. The van der Waals surface area contributed by atoms with Gasteiger partial charge < -0.3 is 10.6 Å². The molecule has 3 rings (SSSR count). The monoisotopic (exact) mass is 404 g/mol. The van der Waals surface area contributed by atoms with Crippen molar-refractivity contribution in [2.24, 2.45) is 0 Å². The maximum atomic E-state index is 13.6. The van der Waals surface area contributed by atoms with Gasteiger partial charge in [-0.15, -0.1) is 0 Å². The molecule has 0 atom stereocenters. The summed E-state index contributed by atoms with van der Waals surface area (Å²) in [5, 5.41) is 6.56. The third kappa shape index (κ3) is 5.10. The molecule has 0 spiro atoms. The summed E-state index contributed by atoms with van der Waals surface area (Å²) in [6, 6.07) is 9.85. The van der Waals surface area contributed by atoms with Crippen LogP contribution in [0.2, 0.25) is 5.15 Å². The van der Waals surface area contributed by atoms with Gasteiger partial charge in [0.15, 0.2) is 5.82 Å². The predicted molar refractivity (Wildman–Crippen MR) is 106 cm³/mol. The zero-order valence-corrected chi connectivity index (χ0v) is 16.3. The number of nitrogens with one attached hydrogen (secondary N) is 2. The average Bonchev–Trinajstić information content (AvgIpc) is 2.60. The van der Waals surface area contributed by atoms with Gasteiger partial charge in [-0.05, 0) is 38.1 Å². The molecule has 0 saturated heterocycles. The number of halogens is 3. The van der Waals surface area contributed by atoms with E-state index in [9.17, 15) is 8.78 Å². The van der Waals surface area contributed by atoms with Crippen LogP contribution in [0.5, 0.6) is 0 Å². The Bertz CT molecular complexity index is 975. The minimum Gasteiger partial charge on any atom is -0.368 e. The molecule has 0 aliphatic heterocycles. The number of nitrogens with zero attached hydrogens (tertiary/aromatic N) is 4. The number of hydrogen-bond acceptors (Lipinski definition) is 6. The van der Waals surface area contributed by atoms with Crippen LogP contribution < -0.4 is 10.6 Å². The standard InChI is InChI=1S/C19H19ClF2N6/c1-11(2)24-16-10-17(25-12-7-8-23-14(9-12)19(3,21)22)28-18(27-16)13-5-4-6-15(20)26-13/h4-11H,1-3H3,(H2,23,24,25,27,28). The Hall–Kier alpha value is -2.87. The highest BCUT2D eigenvalue weighted by atomic mass is 35.5. The van der Waals surface area contributed by atoms with Gasteiger partial charge in [0, 0.05) is 30.9 Å². The highest BCUT2D eigenvalue weighted by molar-refractivity contribution is 6.29. The Morgan fingerprint density at radius 2 is 1.79 bits per heavy atom. The van der Waals surface area contributed by atoms with Gasteiger partial charge in [-0.25, -0.2) is 15.0 Å². The highest BCUT2D eigenvalue weighted by Gasteiger charge is 2.26. The van der Waals surface area contributed by atoms with Crippen molar-refractivity contribution in [3.8, 4) is 11.5 Å². The molecular formula is C19H19ClF2N6. The SMILES string of the molecule is CC(C)Nc1cc(Nc2ccnc(C(C)(F)F)c2)nc(-c2cccc(Cl)n2)n1. The van der Waals surface area contributed by atoms with E-state index < -0.39 is 5.92 Å². The van der Waals surface area contributed by atoms with E-state index in [1.54, 1.807) is 30.3 Å². The molecule has 0 aromatic carbocycles. The summed E-state index contributed by atoms with van der Waals surface area (Å²) in [5.74, 6) is -1.69. The van der Waals surface area contributed by atoms with Gasteiger partial charge in [-0.2, -0.15) is 8.78 Å². The molecule has 0 fully saturated rings. The van der Waals surface area contributed by atoms with Crippen molar-refractivity contribution >= 4 is 28.9 Å². The first-order valence-electron chi connectivity index (χ1n) is 8.60. The zero-order chi connectivity index (χ0) is 20.3. The van der Waals surface area contributed by atoms with Crippen molar-refractivity contribution in [1.82, 2.24) is 19.9 Å². The maximum Gasteiger partial charge on any atom is 0.287 e. The molecule has 0 unspecified atom stereocenters. The zero-order valence-electron chi connectivity index (χ0n) is 15.5. The van der Waals surface area contributed by atoms with Crippen molar-refractivity contribution in [3.63, 3.8) is 0 Å². The quantitative estimate of drug-likeness (QED) is 0.545. The summed E-state index contributed by atoms with van der Waals surface area (Å²) in [6.07, 6.45) is 1.32. The highest BCUT2D eigenvalue weighted by Crippen LogP contribution is 2.28. The summed E-state index contributed by atoms with van der Waals surface area (Å²) < 4.78 is 27.1. The third-order valence-electron chi connectivity index (χ3n) is 3.59. The number of anilines is 3. The van der Waals surface area contributed by atoms with Crippen LogP contribution in [-0.4, -0.2) is 26.0 Å². The van der Waals surface area contributed by atoms with Gasteiger partial charge in [-0.1, -0.05) is 17.7 Å². The van der Waals surface area contributed by atoms with Crippen LogP contribution >= 0.6 is 11.6 Å². The second-order valence-electron chi connectivity index (χ2n) is 6.55. The normalized spacial score (nSPS) is 11.5. The average molecular weight is 405 g/mol. The van der Waals surface area contributed by atoms with E-state index in [0.29, 0.717) is 34.0 Å². The van der Waals surface area contributed by atoms with Gasteiger partial charge >= 0.3 is 0 Å². The summed E-state index contributed by atoms with van der Waals surface area (Å²) in [4.78, 5) is 16.9. The molecule has 9 heteroatoms. The lowest BCUT2D eigenvalue weighted by Crippen LogP contribution is -2.13. The van der Waals surface area contributed by atoms with Crippen LogP contribution in [0, 0.1) is 0 Å². The minimum absolute atomic E-state index is 0.134. The third-order valence-corrected chi connectivity index (χ3v) is 3.80. The van der Waals surface area contributed by atoms with Crippen molar-refractivity contribution in [2.45, 2.75) is 32.7 Å². The first-order valence-corrected chi connectivity index (χ1v) is 8.98. The first kappa shape index (κ1) is 19.9. The number of alkyl halides is 2. The molecule has 146 valence electrons. The van der Waals surface area contributed by atoms with Crippen molar-refractivity contribution in [3.05, 3.63) is 53.4 Å². The first-order chi connectivity index (χ1) is 13.2.